The molecule has 92 valence electrons. The molecule has 1 aromatic carbocycles. The van der Waals surface area contributed by atoms with Gasteiger partial charge in [0.25, 0.3) is 5.69 Å². The molecule has 0 fully saturated rings. The highest BCUT2D eigenvalue weighted by Gasteiger charge is 2.17. The predicted octanol–water partition coefficient (Wildman–Crippen LogP) is 1.15. The first kappa shape index (κ1) is 13.3. The van der Waals surface area contributed by atoms with Gasteiger partial charge in [0.05, 0.1) is 9.82 Å². The van der Waals surface area contributed by atoms with Gasteiger partial charge in [-0.2, -0.15) is 0 Å². The van der Waals surface area contributed by atoms with Crippen molar-refractivity contribution in [1.29, 1.82) is 0 Å². The molecule has 1 rings (SSSR count). The van der Waals surface area contributed by atoms with Crippen molar-refractivity contribution in [1.82, 2.24) is 0 Å². The lowest BCUT2D eigenvalue weighted by atomic mass is 10.2. The molecule has 0 aliphatic heterocycles. The number of sulfone groups is 1. The summed E-state index contributed by atoms with van der Waals surface area (Å²) >= 11 is 0. The van der Waals surface area contributed by atoms with Crippen molar-refractivity contribution in [3.05, 3.63) is 45.4 Å². The minimum Gasteiger partial charge on any atom is -0.327 e. The molecule has 0 bridgehead atoms. The Hall–Kier alpha value is -1.73. The van der Waals surface area contributed by atoms with Crippen LogP contribution in [-0.4, -0.2) is 19.9 Å². The van der Waals surface area contributed by atoms with Crippen LogP contribution in [0, 0.1) is 17.0 Å². The molecule has 0 saturated heterocycles. The third-order valence-corrected chi connectivity index (χ3v) is 3.70. The average molecular weight is 256 g/mol. The van der Waals surface area contributed by atoms with Crippen LogP contribution in [0.4, 0.5) is 5.69 Å². The number of hydrogen-bond acceptors (Lipinski definition) is 5. The summed E-state index contributed by atoms with van der Waals surface area (Å²) in [6.07, 6.45) is 1.29. The Morgan fingerprint density at radius 1 is 1.47 bits per heavy atom. The van der Waals surface area contributed by atoms with Gasteiger partial charge in [0, 0.05) is 24.1 Å². The average Bonchev–Trinajstić information content (AvgIpc) is 2.26. The smallest absolute Gasteiger partial charge is 0.270 e. The third-order valence-electron chi connectivity index (χ3n) is 2.10. The lowest BCUT2D eigenvalue weighted by Gasteiger charge is -2.03. The second-order valence-electron chi connectivity index (χ2n) is 3.36. The molecule has 0 spiro atoms. The fourth-order valence-corrected chi connectivity index (χ4v) is 2.58. The summed E-state index contributed by atoms with van der Waals surface area (Å²) in [5.41, 5.74) is 5.37. The number of nitrogens with zero attached hydrogens (tertiary/aromatic N) is 1. The van der Waals surface area contributed by atoms with E-state index in [1.165, 1.54) is 18.2 Å². The van der Waals surface area contributed by atoms with Crippen LogP contribution in [0.5, 0.6) is 0 Å². The first-order valence-corrected chi connectivity index (χ1v) is 6.30. The standard InChI is InChI=1S/C10H12N2O4S/c1-8-3-4-9(12(13)14)7-10(8)17(15,16)6-2-5-11/h2-4,6-7H,5,11H2,1H3. The van der Waals surface area contributed by atoms with Crippen LogP contribution in [0.2, 0.25) is 0 Å². The third kappa shape index (κ3) is 3.11. The summed E-state index contributed by atoms with van der Waals surface area (Å²) in [6.45, 7) is 1.67. The van der Waals surface area contributed by atoms with Crippen molar-refractivity contribution < 1.29 is 13.3 Å². The van der Waals surface area contributed by atoms with E-state index in [9.17, 15) is 18.5 Å². The molecule has 1 aromatic rings. The van der Waals surface area contributed by atoms with E-state index < -0.39 is 14.8 Å². The molecule has 2 N–H and O–H groups in total. The van der Waals surface area contributed by atoms with Gasteiger partial charge in [-0.1, -0.05) is 12.1 Å². The van der Waals surface area contributed by atoms with Gasteiger partial charge in [-0.05, 0) is 12.5 Å². The minimum absolute atomic E-state index is 0.0728. The molecule has 0 aliphatic carbocycles. The quantitative estimate of drug-likeness (QED) is 0.642. The first-order valence-electron chi connectivity index (χ1n) is 4.75. The van der Waals surface area contributed by atoms with E-state index in [4.69, 9.17) is 5.73 Å². The number of non-ortho nitro benzene ring substituents is 1. The van der Waals surface area contributed by atoms with Gasteiger partial charge in [0.1, 0.15) is 0 Å². The van der Waals surface area contributed by atoms with Crippen molar-refractivity contribution in [2.45, 2.75) is 11.8 Å². The summed E-state index contributed by atoms with van der Waals surface area (Å²) < 4.78 is 23.6. The Balaban J connectivity index is 3.35. The Morgan fingerprint density at radius 3 is 2.65 bits per heavy atom. The molecule has 0 radical (unpaired) electrons. The van der Waals surface area contributed by atoms with Crippen LogP contribution in [0.1, 0.15) is 5.56 Å². The van der Waals surface area contributed by atoms with Crippen molar-refractivity contribution in [3.8, 4) is 0 Å². The molecule has 0 amide bonds. The molecular weight excluding hydrogens is 244 g/mol. The van der Waals surface area contributed by atoms with E-state index in [1.54, 1.807) is 6.92 Å². The van der Waals surface area contributed by atoms with E-state index >= 15 is 0 Å². The summed E-state index contributed by atoms with van der Waals surface area (Å²) in [6, 6.07) is 3.72. The van der Waals surface area contributed by atoms with Gasteiger partial charge in [0.15, 0.2) is 9.84 Å². The maximum Gasteiger partial charge on any atom is 0.270 e. The number of aryl methyl sites for hydroxylation is 1. The van der Waals surface area contributed by atoms with Crippen LogP contribution in [0.3, 0.4) is 0 Å². The van der Waals surface area contributed by atoms with Gasteiger partial charge in [-0.3, -0.25) is 10.1 Å². The number of rotatable bonds is 4. The maximum absolute atomic E-state index is 11.8. The predicted molar refractivity (Wildman–Crippen MR) is 63.2 cm³/mol. The zero-order chi connectivity index (χ0) is 13.1. The van der Waals surface area contributed by atoms with E-state index in [-0.39, 0.29) is 17.1 Å². The molecule has 7 heteroatoms. The fourth-order valence-electron chi connectivity index (χ4n) is 1.26. The molecular formula is C10H12N2O4S. The Labute approximate surface area is 98.8 Å². The summed E-state index contributed by atoms with van der Waals surface area (Å²) in [5.74, 6) is 0. The van der Waals surface area contributed by atoms with E-state index in [0.717, 1.165) is 11.5 Å². The van der Waals surface area contributed by atoms with Crippen molar-refractivity contribution in [2.75, 3.05) is 6.54 Å². The van der Waals surface area contributed by atoms with Crippen molar-refractivity contribution in [2.24, 2.45) is 5.73 Å². The molecule has 17 heavy (non-hydrogen) atoms. The molecule has 0 saturated carbocycles. The second kappa shape index (κ2) is 5.07. The van der Waals surface area contributed by atoms with Gasteiger partial charge < -0.3 is 5.73 Å². The van der Waals surface area contributed by atoms with Crippen LogP contribution < -0.4 is 5.73 Å². The molecule has 0 atom stereocenters. The SMILES string of the molecule is Cc1ccc([N+](=O)[O-])cc1S(=O)(=O)C=CCN. The van der Waals surface area contributed by atoms with Gasteiger partial charge >= 0.3 is 0 Å². The number of benzene rings is 1. The van der Waals surface area contributed by atoms with Crippen LogP contribution in [0.25, 0.3) is 0 Å². The second-order valence-corrected chi connectivity index (χ2v) is 5.16. The topological polar surface area (TPSA) is 103 Å². The first-order chi connectivity index (χ1) is 7.88. The Bertz CT molecular complexity index is 564. The van der Waals surface area contributed by atoms with Crippen LogP contribution in [0.15, 0.2) is 34.6 Å². The normalized spacial score (nSPS) is 11.9. The van der Waals surface area contributed by atoms with Crippen molar-refractivity contribution in [3.63, 3.8) is 0 Å². The zero-order valence-corrected chi connectivity index (χ0v) is 9.98. The van der Waals surface area contributed by atoms with E-state index in [2.05, 4.69) is 0 Å². The number of nitrogens with two attached hydrogens (primary N) is 1. The molecule has 6 nitrogen and oxygen atoms in total. The van der Waals surface area contributed by atoms with Gasteiger partial charge in [-0.15, -0.1) is 0 Å². The number of nitro groups is 1. The Kier molecular flexibility index (Phi) is 3.97. The van der Waals surface area contributed by atoms with Crippen molar-refractivity contribution >= 4 is 15.5 Å². The highest BCUT2D eigenvalue weighted by molar-refractivity contribution is 7.94. The van der Waals surface area contributed by atoms with Crippen LogP contribution >= 0.6 is 0 Å². The van der Waals surface area contributed by atoms with Gasteiger partial charge in [-0.25, -0.2) is 8.42 Å². The van der Waals surface area contributed by atoms with E-state index in [0.29, 0.717) is 5.56 Å². The highest BCUT2D eigenvalue weighted by Crippen LogP contribution is 2.23. The zero-order valence-electron chi connectivity index (χ0n) is 9.16. The molecule has 0 unspecified atom stereocenters. The number of nitro benzene ring substituents is 1. The largest absolute Gasteiger partial charge is 0.327 e. The molecule has 0 aliphatic rings. The Morgan fingerprint density at radius 2 is 2.12 bits per heavy atom. The number of hydrogen-bond donors (Lipinski definition) is 1. The summed E-state index contributed by atoms with van der Waals surface area (Å²) in [5, 5.41) is 11.5. The summed E-state index contributed by atoms with van der Waals surface area (Å²) in [7, 11) is -3.67. The van der Waals surface area contributed by atoms with Gasteiger partial charge in [0.2, 0.25) is 0 Å². The van der Waals surface area contributed by atoms with Crippen LogP contribution in [-0.2, 0) is 9.84 Å². The minimum atomic E-state index is -3.67. The maximum atomic E-state index is 11.8. The lowest BCUT2D eigenvalue weighted by molar-refractivity contribution is -0.385. The van der Waals surface area contributed by atoms with E-state index in [1.807, 2.05) is 0 Å². The monoisotopic (exact) mass is 256 g/mol. The summed E-state index contributed by atoms with van der Waals surface area (Å²) in [4.78, 5) is 9.87. The highest BCUT2D eigenvalue weighted by atomic mass is 32.2. The fraction of sp³-hybridized carbons (Fsp3) is 0.200. The lowest BCUT2D eigenvalue weighted by Crippen LogP contribution is -2.02. The molecule has 0 aromatic heterocycles. The molecule has 0 heterocycles.